The van der Waals surface area contributed by atoms with Crippen molar-refractivity contribution < 1.29 is 18.4 Å². The summed E-state index contributed by atoms with van der Waals surface area (Å²) in [6.45, 7) is 5.90. The molecule has 2 aliphatic rings. The number of fused-ring (bicyclic) bond motifs is 2. The van der Waals surface area contributed by atoms with Crippen LogP contribution in [0.1, 0.15) is 86.2 Å². The van der Waals surface area contributed by atoms with Crippen LogP contribution in [0.5, 0.6) is 0 Å². The predicted molar refractivity (Wildman–Crippen MR) is 142 cm³/mol. The number of nitrogens with zero attached hydrogens (tertiary/aromatic N) is 4. The second-order valence-corrected chi connectivity index (χ2v) is 10.6. The van der Waals surface area contributed by atoms with E-state index in [1.54, 1.807) is 6.07 Å². The first-order chi connectivity index (χ1) is 18.5. The summed E-state index contributed by atoms with van der Waals surface area (Å²) in [5, 5.41) is 5.15. The molecule has 0 saturated carbocycles. The molecule has 2 aromatic heterocycles. The zero-order valence-electron chi connectivity index (χ0n) is 22.2. The van der Waals surface area contributed by atoms with E-state index in [9.17, 15) is 14.0 Å². The summed E-state index contributed by atoms with van der Waals surface area (Å²) in [5.74, 6) is 0.733. The van der Waals surface area contributed by atoms with E-state index in [1.165, 1.54) is 12.1 Å². The number of aldehydes is 1. The number of aromatic nitrogens is 3. The third kappa shape index (κ3) is 5.89. The minimum Gasteiger partial charge on any atom is -0.370 e. The van der Waals surface area contributed by atoms with Crippen molar-refractivity contribution in [3.63, 3.8) is 0 Å². The second-order valence-electron chi connectivity index (χ2n) is 10.6. The number of rotatable bonds is 11. The summed E-state index contributed by atoms with van der Waals surface area (Å²) < 4.78 is 26.8. The van der Waals surface area contributed by atoms with E-state index in [0.717, 1.165) is 99.0 Å². The fraction of sp³-hybridized carbons (Fsp3) is 0.586. The summed E-state index contributed by atoms with van der Waals surface area (Å²) in [7, 11) is 0. The standard InChI is InChI=1S/C29H37FN4O4/c1-20-23(29(36)34-13-6-7-25(28(34)31-20)37-18-5-3-2-4-17-35)12-16-33-14-10-21(11-15-33)27-24-9-8-22(30)19-26(24)38-32-27/h8-9,17,19,21,25H,2-7,10-16,18H2,1H3. The molecule has 0 N–H and O–H groups in total. The topological polar surface area (TPSA) is 90.5 Å². The van der Waals surface area contributed by atoms with Gasteiger partial charge in [-0.25, -0.2) is 9.37 Å². The third-order valence-corrected chi connectivity index (χ3v) is 8.03. The average Bonchev–Trinajstić information content (AvgIpc) is 3.34. The van der Waals surface area contributed by atoms with E-state index in [2.05, 4.69) is 10.1 Å². The van der Waals surface area contributed by atoms with E-state index < -0.39 is 0 Å². The molecule has 38 heavy (non-hydrogen) atoms. The molecule has 2 aliphatic heterocycles. The van der Waals surface area contributed by atoms with Gasteiger partial charge in [-0.3, -0.25) is 9.36 Å². The fourth-order valence-electron chi connectivity index (χ4n) is 5.85. The zero-order valence-corrected chi connectivity index (χ0v) is 22.2. The van der Waals surface area contributed by atoms with Crippen molar-refractivity contribution in [2.45, 2.75) is 83.3 Å². The van der Waals surface area contributed by atoms with Crippen LogP contribution >= 0.6 is 0 Å². The molecule has 1 aromatic carbocycles. The normalized spacial score (nSPS) is 18.6. The van der Waals surface area contributed by atoms with Gasteiger partial charge in [0.25, 0.3) is 5.56 Å². The SMILES string of the molecule is Cc1nc2n(c(=O)c1CCN1CCC(c3noc4cc(F)ccc34)CC1)CCCC2OCCCCCC=O. The maximum absolute atomic E-state index is 13.5. The van der Waals surface area contributed by atoms with Crippen LogP contribution in [-0.4, -0.2) is 52.1 Å². The van der Waals surface area contributed by atoms with Gasteiger partial charge in [0.2, 0.25) is 0 Å². The third-order valence-electron chi connectivity index (χ3n) is 8.03. The number of carbonyl (C=O) groups is 1. The highest BCUT2D eigenvalue weighted by atomic mass is 19.1. The molecule has 0 amide bonds. The van der Waals surface area contributed by atoms with Gasteiger partial charge in [-0.2, -0.15) is 0 Å². The molecule has 1 unspecified atom stereocenters. The summed E-state index contributed by atoms with van der Waals surface area (Å²) in [6.07, 6.45) is 8.56. The molecule has 0 spiro atoms. The minimum atomic E-state index is -0.316. The average molecular weight is 525 g/mol. The van der Waals surface area contributed by atoms with Gasteiger partial charge < -0.3 is 19.0 Å². The van der Waals surface area contributed by atoms with Crippen molar-refractivity contribution in [3.8, 4) is 0 Å². The Kier molecular flexibility index (Phi) is 8.64. The Balaban J connectivity index is 1.17. The quantitative estimate of drug-likeness (QED) is 0.261. The number of aryl methyl sites for hydroxylation is 1. The molecule has 0 radical (unpaired) electrons. The number of piperidine rings is 1. The minimum absolute atomic E-state index is 0.0722. The van der Waals surface area contributed by atoms with Gasteiger partial charge in [0.1, 0.15) is 24.0 Å². The van der Waals surface area contributed by atoms with Gasteiger partial charge in [-0.05, 0) is 77.1 Å². The molecular weight excluding hydrogens is 487 g/mol. The number of benzene rings is 1. The van der Waals surface area contributed by atoms with Crippen LogP contribution in [0.3, 0.4) is 0 Å². The van der Waals surface area contributed by atoms with Gasteiger partial charge in [-0.15, -0.1) is 0 Å². The van der Waals surface area contributed by atoms with Gasteiger partial charge in [0.05, 0.1) is 5.69 Å². The largest absolute Gasteiger partial charge is 0.370 e. The van der Waals surface area contributed by atoms with Crippen molar-refractivity contribution in [2.75, 3.05) is 26.2 Å². The lowest BCUT2D eigenvalue weighted by molar-refractivity contribution is -0.107. The predicted octanol–water partition coefficient (Wildman–Crippen LogP) is 4.86. The van der Waals surface area contributed by atoms with Gasteiger partial charge in [0.15, 0.2) is 5.58 Å². The zero-order chi connectivity index (χ0) is 26.5. The lowest BCUT2D eigenvalue weighted by atomic mass is 9.91. The first-order valence-electron chi connectivity index (χ1n) is 14.0. The van der Waals surface area contributed by atoms with E-state index in [1.807, 2.05) is 11.5 Å². The van der Waals surface area contributed by atoms with Crippen LogP contribution < -0.4 is 5.56 Å². The number of likely N-dealkylation sites (tertiary alicyclic amines) is 1. The lowest BCUT2D eigenvalue weighted by Gasteiger charge is -2.31. The monoisotopic (exact) mass is 524 g/mol. The lowest BCUT2D eigenvalue weighted by Crippen LogP contribution is -2.38. The molecule has 1 saturated heterocycles. The highest BCUT2D eigenvalue weighted by Gasteiger charge is 2.28. The van der Waals surface area contributed by atoms with Crippen LogP contribution in [0.4, 0.5) is 4.39 Å². The number of hydrogen-bond acceptors (Lipinski definition) is 7. The summed E-state index contributed by atoms with van der Waals surface area (Å²) in [5.41, 5.74) is 3.10. The smallest absolute Gasteiger partial charge is 0.257 e. The Morgan fingerprint density at radius 3 is 2.82 bits per heavy atom. The van der Waals surface area contributed by atoms with Crippen molar-refractivity contribution in [1.82, 2.24) is 19.6 Å². The summed E-state index contributed by atoms with van der Waals surface area (Å²) in [6, 6.07) is 4.60. The number of ether oxygens (including phenoxy) is 1. The molecule has 204 valence electrons. The first kappa shape index (κ1) is 26.7. The second kappa shape index (κ2) is 12.3. The molecule has 3 aromatic rings. The molecule has 1 atom stereocenters. The van der Waals surface area contributed by atoms with Gasteiger partial charge >= 0.3 is 0 Å². The highest BCUT2D eigenvalue weighted by molar-refractivity contribution is 5.79. The molecule has 9 heteroatoms. The Morgan fingerprint density at radius 1 is 1.16 bits per heavy atom. The van der Waals surface area contributed by atoms with Crippen LogP contribution in [0, 0.1) is 12.7 Å². The van der Waals surface area contributed by atoms with Crippen molar-refractivity contribution >= 4 is 17.3 Å². The highest BCUT2D eigenvalue weighted by Crippen LogP contribution is 2.33. The van der Waals surface area contributed by atoms with E-state index in [0.29, 0.717) is 31.6 Å². The van der Waals surface area contributed by atoms with Crippen LogP contribution in [-0.2, 0) is 22.5 Å². The fourth-order valence-corrected chi connectivity index (χ4v) is 5.85. The van der Waals surface area contributed by atoms with Crippen LogP contribution in [0.15, 0.2) is 27.5 Å². The number of carbonyl (C=O) groups excluding carboxylic acids is 1. The van der Waals surface area contributed by atoms with Gasteiger partial charge in [-0.1, -0.05) is 11.6 Å². The maximum atomic E-state index is 13.5. The molecular formula is C29H37FN4O4. The number of unbranched alkanes of at least 4 members (excludes halogenated alkanes) is 3. The van der Waals surface area contributed by atoms with Crippen molar-refractivity contribution in [3.05, 3.63) is 57.1 Å². The van der Waals surface area contributed by atoms with Crippen LogP contribution in [0.2, 0.25) is 0 Å². The Bertz CT molecular complexity index is 1310. The van der Waals surface area contributed by atoms with E-state index >= 15 is 0 Å². The summed E-state index contributed by atoms with van der Waals surface area (Å²) >= 11 is 0. The van der Waals surface area contributed by atoms with Crippen molar-refractivity contribution in [1.29, 1.82) is 0 Å². The molecule has 0 bridgehead atoms. The van der Waals surface area contributed by atoms with Crippen molar-refractivity contribution in [2.24, 2.45) is 0 Å². The Hall–Kier alpha value is -2.91. The molecule has 1 fully saturated rings. The first-order valence-corrected chi connectivity index (χ1v) is 14.0. The molecule has 0 aliphatic carbocycles. The van der Waals surface area contributed by atoms with E-state index in [4.69, 9.17) is 14.2 Å². The van der Waals surface area contributed by atoms with Crippen LogP contribution in [0.25, 0.3) is 11.0 Å². The number of hydrogen-bond donors (Lipinski definition) is 0. The Morgan fingerprint density at radius 2 is 2.00 bits per heavy atom. The van der Waals surface area contributed by atoms with Gasteiger partial charge in [0, 0.05) is 54.7 Å². The Labute approximate surface area is 222 Å². The summed E-state index contributed by atoms with van der Waals surface area (Å²) in [4.78, 5) is 31.2. The number of halogens is 1. The van der Waals surface area contributed by atoms with E-state index in [-0.39, 0.29) is 23.4 Å². The molecule has 5 rings (SSSR count). The molecule has 8 nitrogen and oxygen atoms in total. The maximum Gasteiger partial charge on any atom is 0.257 e. The molecule has 4 heterocycles.